The first-order chi connectivity index (χ1) is 9.96. The third-order valence-corrected chi connectivity index (χ3v) is 6.05. The zero-order chi connectivity index (χ0) is 15.0. The van der Waals surface area contributed by atoms with E-state index in [0.717, 1.165) is 12.0 Å². The molecule has 21 heavy (non-hydrogen) atoms. The minimum Gasteiger partial charge on any atom is -0.318 e. The molecule has 1 aromatic rings. The highest BCUT2D eigenvalue weighted by Crippen LogP contribution is 2.30. The van der Waals surface area contributed by atoms with Crippen molar-refractivity contribution in [2.75, 3.05) is 18.1 Å². The molecule has 0 spiro atoms. The number of rotatable bonds is 2. The number of benzene rings is 1. The van der Waals surface area contributed by atoms with Gasteiger partial charge in [0, 0.05) is 11.1 Å². The molecular formula is C14H17ClN2O3S. The van der Waals surface area contributed by atoms with Crippen molar-refractivity contribution in [3.63, 3.8) is 0 Å². The number of nitrogens with one attached hydrogen (secondary N) is 1. The highest BCUT2D eigenvalue weighted by atomic mass is 35.5. The number of sulfone groups is 1. The smallest absolute Gasteiger partial charge is 0.238 e. The van der Waals surface area contributed by atoms with Crippen LogP contribution in [-0.4, -0.2) is 43.3 Å². The molecule has 1 aromatic carbocycles. The molecule has 2 fully saturated rings. The van der Waals surface area contributed by atoms with E-state index in [1.165, 1.54) is 0 Å². The lowest BCUT2D eigenvalue weighted by Gasteiger charge is -2.35. The first kappa shape index (κ1) is 14.8. The molecule has 5 nitrogen and oxygen atoms in total. The van der Waals surface area contributed by atoms with E-state index in [1.54, 1.807) is 11.0 Å². The predicted octanol–water partition coefficient (Wildman–Crippen LogP) is 1.35. The Morgan fingerprint density at radius 2 is 2.14 bits per heavy atom. The van der Waals surface area contributed by atoms with E-state index in [-0.39, 0.29) is 36.2 Å². The van der Waals surface area contributed by atoms with E-state index in [9.17, 15) is 13.2 Å². The summed E-state index contributed by atoms with van der Waals surface area (Å²) in [5.41, 5.74) is 0.885. The number of nitrogens with zero attached hydrogens (tertiary/aromatic N) is 1. The van der Waals surface area contributed by atoms with Gasteiger partial charge in [-0.2, -0.15) is 0 Å². The van der Waals surface area contributed by atoms with Gasteiger partial charge < -0.3 is 4.90 Å². The van der Waals surface area contributed by atoms with Crippen molar-refractivity contribution < 1.29 is 13.2 Å². The van der Waals surface area contributed by atoms with Gasteiger partial charge in [-0.25, -0.2) is 8.42 Å². The maximum Gasteiger partial charge on any atom is 0.238 e. The summed E-state index contributed by atoms with van der Waals surface area (Å²) in [6.07, 6.45) is 1.04. The molecule has 0 aliphatic carbocycles. The third-order valence-electron chi connectivity index (χ3n) is 4.01. The molecule has 114 valence electrons. The maximum absolute atomic E-state index is 12.2. The van der Waals surface area contributed by atoms with Crippen LogP contribution in [0.3, 0.4) is 0 Å². The van der Waals surface area contributed by atoms with Crippen LogP contribution in [0.25, 0.3) is 0 Å². The highest BCUT2D eigenvalue weighted by molar-refractivity contribution is 7.91. The van der Waals surface area contributed by atoms with Gasteiger partial charge in [0.15, 0.2) is 9.84 Å². The number of carbonyl (C=O) groups is 1. The number of hydrogen-bond acceptors (Lipinski definition) is 4. The summed E-state index contributed by atoms with van der Waals surface area (Å²) < 4.78 is 23.7. The van der Waals surface area contributed by atoms with Crippen LogP contribution in [0, 0.1) is 0 Å². The SMILES string of the molecule is O=C1CNC(c2cccc(Cl)c2)N1C1CCCS(=O)(=O)C1. The maximum atomic E-state index is 12.2. The van der Waals surface area contributed by atoms with Crippen LogP contribution in [0.2, 0.25) is 5.02 Å². The zero-order valence-corrected chi connectivity index (χ0v) is 13.0. The van der Waals surface area contributed by atoms with Gasteiger partial charge in [-0.3, -0.25) is 10.1 Å². The van der Waals surface area contributed by atoms with Crippen LogP contribution in [0.4, 0.5) is 0 Å². The van der Waals surface area contributed by atoms with Crippen LogP contribution in [0.1, 0.15) is 24.6 Å². The Bertz CT molecular complexity index is 662. The summed E-state index contributed by atoms with van der Waals surface area (Å²) >= 11 is 6.01. The van der Waals surface area contributed by atoms with Gasteiger partial charge in [0.1, 0.15) is 6.17 Å². The van der Waals surface area contributed by atoms with Gasteiger partial charge >= 0.3 is 0 Å². The fraction of sp³-hybridized carbons (Fsp3) is 0.500. The van der Waals surface area contributed by atoms with Crippen LogP contribution in [-0.2, 0) is 14.6 Å². The van der Waals surface area contributed by atoms with Gasteiger partial charge in [0.25, 0.3) is 0 Å². The molecule has 0 radical (unpaired) electrons. The lowest BCUT2D eigenvalue weighted by atomic mass is 10.1. The fourth-order valence-corrected chi connectivity index (χ4v) is 4.99. The summed E-state index contributed by atoms with van der Waals surface area (Å²) in [6, 6.07) is 7.05. The van der Waals surface area contributed by atoms with Gasteiger partial charge in [-0.1, -0.05) is 23.7 Å². The molecule has 1 N–H and O–H groups in total. The summed E-state index contributed by atoms with van der Waals surface area (Å²) in [5, 5.41) is 3.75. The van der Waals surface area contributed by atoms with Crippen molar-refractivity contribution >= 4 is 27.3 Å². The summed E-state index contributed by atoms with van der Waals surface area (Å²) in [5.74, 6) is 0.222. The molecule has 2 saturated heterocycles. The van der Waals surface area contributed by atoms with Crippen molar-refractivity contribution in [1.29, 1.82) is 0 Å². The quantitative estimate of drug-likeness (QED) is 0.890. The molecule has 2 aliphatic heterocycles. The summed E-state index contributed by atoms with van der Waals surface area (Å²) in [6.45, 7) is 0.230. The van der Waals surface area contributed by atoms with Crippen molar-refractivity contribution in [2.24, 2.45) is 0 Å². The lowest BCUT2D eigenvalue weighted by molar-refractivity contribution is -0.130. The summed E-state index contributed by atoms with van der Waals surface area (Å²) in [7, 11) is -3.05. The average Bonchev–Trinajstić information content (AvgIpc) is 2.79. The number of halogens is 1. The van der Waals surface area contributed by atoms with Crippen molar-refractivity contribution in [3.05, 3.63) is 34.9 Å². The molecule has 0 bridgehead atoms. The minimum atomic E-state index is -3.05. The molecule has 2 unspecified atom stereocenters. The first-order valence-corrected chi connectivity index (χ1v) is 9.17. The van der Waals surface area contributed by atoms with E-state index in [1.807, 2.05) is 18.2 Å². The van der Waals surface area contributed by atoms with Crippen molar-refractivity contribution in [2.45, 2.75) is 25.0 Å². The topological polar surface area (TPSA) is 66.5 Å². The number of amides is 1. The van der Waals surface area contributed by atoms with E-state index < -0.39 is 9.84 Å². The van der Waals surface area contributed by atoms with E-state index >= 15 is 0 Å². The molecule has 2 heterocycles. The monoisotopic (exact) mass is 328 g/mol. The molecule has 3 rings (SSSR count). The molecular weight excluding hydrogens is 312 g/mol. The normalized spacial score (nSPS) is 28.8. The van der Waals surface area contributed by atoms with Gasteiger partial charge in [-0.15, -0.1) is 0 Å². The fourth-order valence-electron chi connectivity index (χ4n) is 3.11. The molecule has 2 atom stereocenters. The second kappa shape index (κ2) is 5.59. The van der Waals surface area contributed by atoms with Gasteiger partial charge in [-0.05, 0) is 30.5 Å². The largest absolute Gasteiger partial charge is 0.318 e. The second-order valence-electron chi connectivity index (χ2n) is 5.55. The number of hydrogen-bond donors (Lipinski definition) is 1. The number of carbonyl (C=O) groups excluding carboxylic acids is 1. The average molecular weight is 329 g/mol. The summed E-state index contributed by atoms with van der Waals surface area (Å²) in [4.78, 5) is 13.9. The first-order valence-electron chi connectivity index (χ1n) is 6.97. The van der Waals surface area contributed by atoms with Crippen LogP contribution >= 0.6 is 11.6 Å². The van der Waals surface area contributed by atoms with Crippen LogP contribution < -0.4 is 5.32 Å². The Kier molecular flexibility index (Phi) is 3.94. The molecule has 7 heteroatoms. The lowest BCUT2D eigenvalue weighted by Crippen LogP contribution is -2.46. The molecule has 1 amide bonds. The van der Waals surface area contributed by atoms with E-state index in [0.29, 0.717) is 11.4 Å². The highest BCUT2D eigenvalue weighted by Gasteiger charge is 2.40. The Morgan fingerprint density at radius 3 is 2.86 bits per heavy atom. The Labute approximate surface area is 129 Å². The predicted molar refractivity (Wildman–Crippen MR) is 80.7 cm³/mol. The van der Waals surface area contributed by atoms with E-state index in [4.69, 9.17) is 11.6 Å². The van der Waals surface area contributed by atoms with Crippen LogP contribution in [0.15, 0.2) is 24.3 Å². The molecule has 0 aromatic heterocycles. The second-order valence-corrected chi connectivity index (χ2v) is 8.22. The van der Waals surface area contributed by atoms with Crippen molar-refractivity contribution in [3.8, 4) is 0 Å². The minimum absolute atomic E-state index is 0.0531. The van der Waals surface area contributed by atoms with E-state index in [2.05, 4.69) is 5.32 Å². The van der Waals surface area contributed by atoms with Gasteiger partial charge in [0.2, 0.25) is 5.91 Å². The van der Waals surface area contributed by atoms with Crippen LogP contribution in [0.5, 0.6) is 0 Å². The molecule has 2 aliphatic rings. The Hall–Kier alpha value is -1.11. The van der Waals surface area contributed by atoms with Crippen molar-refractivity contribution in [1.82, 2.24) is 10.2 Å². The molecule has 0 saturated carbocycles. The standard InChI is InChI=1S/C14H17ClN2O3S/c15-11-4-1-3-10(7-11)14-16-8-13(18)17(14)12-5-2-6-21(19,20)9-12/h1,3-4,7,12,14,16H,2,5-6,8-9H2. The Balaban J connectivity index is 1.89. The van der Waals surface area contributed by atoms with Gasteiger partial charge in [0.05, 0.1) is 18.1 Å². The zero-order valence-electron chi connectivity index (χ0n) is 11.5. The Morgan fingerprint density at radius 1 is 1.33 bits per heavy atom. The third kappa shape index (κ3) is 3.07.